The number of anilines is 1. The van der Waals surface area contributed by atoms with Gasteiger partial charge in [-0.25, -0.2) is 4.79 Å². The van der Waals surface area contributed by atoms with Crippen molar-refractivity contribution in [3.05, 3.63) is 59.4 Å². The van der Waals surface area contributed by atoms with E-state index in [1.54, 1.807) is 19.1 Å². The first-order valence-corrected chi connectivity index (χ1v) is 7.88. The van der Waals surface area contributed by atoms with E-state index >= 15 is 0 Å². The highest BCUT2D eigenvalue weighted by atomic mass is 16.5. The Morgan fingerprint density at radius 2 is 1.88 bits per heavy atom. The summed E-state index contributed by atoms with van der Waals surface area (Å²) in [6, 6.07) is 11.0. The number of rotatable bonds is 6. The van der Waals surface area contributed by atoms with Gasteiger partial charge in [-0.05, 0) is 43.2 Å². The Labute approximate surface area is 141 Å². The van der Waals surface area contributed by atoms with Gasteiger partial charge in [0.1, 0.15) is 0 Å². The van der Waals surface area contributed by atoms with Crippen LogP contribution in [0.2, 0.25) is 0 Å². The Hall–Kier alpha value is -2.89. The van der Waals surface area contributed by atoms with Crippen molar-refractivity contribution in [3.63, 3.8) is 0 Å². The zero-order valence-corrected chi connectivity index (χ0v) is 13.8. The Balaban J connectivity index is 1.98. The lowest BCUT2D eigenvalue weighted by atomic mass is 10.1. The van der Waals surface area contributed by atoms with E-state index < -0.39 is 6.09 Å². The van der Waals surface area contributed by atoms with Gasteiger partial charge in [-0.1, -0.05) is 19.1 Å². The van der Waals surface area contributed by atoms with Crippen molar-refractivity contribution in [2.75, 3.05) is 11.9 Å². The molecule has 0 aliphatic rings. The monoisotopic (exact) mass is 327 g/mol. The second-order valence-corrected chi connectivity index (χ2v) is 5.11. The summed E-state index contributed by atoms with van der Waals surface area (Å²) in [6.45, 7) is 4.32. The molecule has 2 rings (SSSR count). The van der Waals surface area contributed by atoms with E-state index in [9.17, 15) is 9.59 Å². The number of hydrogen-bond donors (Lipinski definition) is 2. The largest absolute Gasteiger partial charge is 0.450 e. The molecule has 0 aliphatic heterocycles. The van der Waals surface area contributed by atoms with Gasteiger partial charge in [0.15, 0.2) is 0 Å². The molecule has 6 heteroatoms. The first-order valence-electron chi connectivity index (χ1n) is 7.88. The molecule has 6 nitrogen and oxygen atoms in total. The quantitative estimate of drug-likeness (QED) is 0.854. The summed E-state index contributed by atoms with van der Waals surface area (Å²) in [5.41, 5.74) is 3.01. The Bertz CT molecular complexity index is 699. The third-order valence-corrected chi connectivity index (χ3v) is 3.39. The lowest BCUT2D eigenvalue weighted by Gasteiger charge is -2.08. The van der Waals surface area contributed by atoms with Crippen molar-refractivity contribution in [2.24, 2.45) is 0 Å². The van der Waals surface area contributed by atoms with Crippen molar-refractivity contribution < 1.29 is 14.3 Å². The normalized spacial score (nSPS) is 10.1. The third kappa shape index (κ3) is 5.08. The molecule has 0 bridgehead atoms. The molecule has 0 saturated heterocycles. The highest BCUT2D eigenvalue weighted by Gasteiger charge is 2.08. The molecule has 1 heterocycles. The maximum atomic E-state index is 12.3. The zero-order valence-electron chi connectivity index (χ0n) is 13.8. The van der Waals surface area contributed by atoms with Crippen LogP contribution in [-0.2, 0) is 17.7 Å². The van der Waals surface area contributed by atoms with Crippen LogP contribution >= 0.6 is 0 Å². The molecule has 2 aromatic rings. The predicted octanol–water partition coefficient (Wildman–Crippen LogP) is 3.14. The van der Waals surface area contributed by atoms with Gasteiger partial charge in [0, 0.05) is 17.4 Å². The van der Waals surface area contributed by atoms with Gasteiger partial charge in [-0.15, -0.1) is 0 Å². The average Bonchev–Trinajstić information content (AvgIpc) is 2.61. The summed E-state index contributed by atoms with van der Waals surface area (Å²) in [4.78, 5) is 27.7. The fraction of sp³-hybridized carbons (Fsp3) is 0.278. The number of aryl methyl sites for hydroxylation is 1. The molecule has 0 aliphatic carbocycles. The predicted molar refractivity (Wildman–Crippen MR) is 91.9 cm³/mol. The van der Waals surface area contributed by atoms with Gasteiger partial charge in [0.05, 0.1) is 18.8 Å². The topological polar surface area (TPSA) is 80.3 Å². The first kappa shape index (κ1) is 17.5. The molecule has 0 atom stereocenters. The van der Waals surface area contributed by atoms with E-state index in [0.29, 0.717) is 17.9 Å². The lowest BCUT2D eigenvalue weighted by molar-refractivity contribution is 0.102. The van der Waals surface area contributed by atoms with Crippen LogP contribution in [0.5, 0.6) is 0 Å². The van der Waals surface area contributed by atoms with E-state index in [1.807, 2.05) is 24.3 Å². The fourth-order valence-electron chi connectivity index (χ4n) is 2.09. The molecule has 0 spiro atoms. The molecular weight excluding hydrogens is 306 g/mol. The zero-order chi connectivity index (χ0) is 17.4. The van der Waals surface area contributed by atoms with Gasteiger partial charge < -0.3 is 15.4 Å². The van der Waals surface area contributed by atoms with Crippen LogP contribution in [0.3, 0.4) is 0 Å². The van der Waals surface area contributed by atoms with Crippen LogP contribution in [0.1, 0.15) is 35.5 Å². The number of amides is 2. The van der Waals surface area contributed by atoms with Crippen LogP contribution in [0, 0.1) is 0 Å². The van der Waals surface area contributed by atoms with Crippen LogP contribution < -0.4 is 10.6 Å². The van der Waals surface area contributed by atoms with Crippen LogP contribution in [-0.4, -0.2) is 23.6 Å². The van der Waals surface area contributed by atoms with Crippen molar-refractivity contribution in [2.45, 2.75) is 26.8 Å². The van der Waals surface area contributed by atoms with Crippen molar-refractivity contribution in [1.29, 1.82) is 0 Å². The summed E-state index contributed by atoms with van der Waals surface area (Å²) >= 11 is 0. The highest BCUT2D eigenvalue weighted by Crippen LogP contribution is 2.12. The lowest BCUT2D eigenvalue weighted by Crippen LogP contribution is -2.24. The molecule has 2 amide bonds. The number of pyridine rings is 1. The molecule has 2 N–H and O–H groups in total. The maximum absolute atomic E-state index is 12.3. The van der Waals surface area contributed by atoms with Gasteiger partial charge in [0.25, 0.3) is 5.91 Å². The van der Waals surface area contributed by atoms with E-state index in [4.69, 9.17) is 4.74 Å². The number of alkyl carbamates (subject to hydrolysis) is 1. The number of benzene rings is 1. The van der Waals surface area contributed by atoms with E-state index in [-0.39, 0.29) is 12.5 Å². The second kappa shape index (κ2) is 8.67. The number of carbonyl (C=O) groups excluding carboxylic acids is 2. The molecule has 0 radical (unpaired) electrons. The van der Waals surface area contributed by atoms with Gasteiger partial charge in [0.2, 0.25) is 0 Å². The van der Waals surface area contributed by atoms with E-state index in [0.717, 1.165) is 12.1 Å². The number of ether oxygens (including phenoxy) is 1. The molecule has 0 fully saturated rings. The first-order chi connectivity index (χ1) is 11.6. The van der Waals surface area contributed by atoms with Crippen molar-refractivity contribution in [3.8, 4) is 0 Å². The number of nitrogens with zero attached hydrogens (tertiary/aromatic N) is 1. The summed E-state index contributed by atoms with van der Waals surface area (Å²) in [5, 5.41) is 5.42. The smallest absolute Gasteiger partial charge is 0.407 e. The molecule has 1 aromatic carbocycles. The van der Waals surface area contributed by atoms with Crippen LogP contribution in [0.4, 0.5) is 10.5 Å². The van der Waals surface area contributed by atoms with E-state index in [1.165, 1.54) is 11.8 Å². The van der Waals surface area contributed by atoms with Crippen LogP contribution in [0.25, 0.3) is 0 Å². The molecule has 1 aromatic heterocycles. The maximum Gasteiger partial charge on any atom is 0.407 e. The van der Waals surface area contributed by atoms with Crippen molar-refractivity contribution >= 4 is 17.7 Å². The SMILES string of the molecule is CCOC(=O)NCc1cc(C(=O)Nc2ccc(CC)cc2)ccn1. The minimum absolute atomic E-state index is 0.200. The van der Waals surface area contributed by atoms with Crippen molar-refractivity contribution in [1.82, 2.24) is 10.3 Å². The van der Waals surface area contributed by atoms with Gasteiger partial charge in [-0.2, -0.15) is 0 Å². The molecular formula is C18H21N3O3. The highest BCUT2D eigenvalue weighted by molar-refractivity contribution is 6.04. The molecule has 126 valence electrons. The number of aromatic nitrogens is 1. The standard InChI is InChI=1S/C18H21N3O3/c1-3-13-5-7-15(8-6-13)21-17(22)14-9-10-19-16(11-14)12-20-18(23)24-4-2/h5-11H,3-4,12H2,1-2H3,(H,20,23)(H,21,22). The Morgan fingerprint density at radius 1 is 1.12 bits per heavy atom. The number of nitrogens with one attached hydrogen (secondary N) is 2. The van der Waals surface area contributed by atoms with Gasteiger partial charge >= 0.3 is 6.09 Å². The minimum Gasteiger partial charge on any atom is -0.450 e. The van der Waals surface area contributed by atoms with Gasteiger partial charge in [-0.3, -0.25) is 9.78 Å². The van der Waals surface area contributed by atoms with Crippen LogP contribution in [0.15, 0.2) is 42.6 Å². The molecule has 24 heavy (non-hydrogen) atoms. The summed E-state index contributed by atoms with van der Waals surface area (Å²) in [6.07, 6.45) is 1.98. The molecule has 0 saturated carbocycles. The number of carbonyl (C=O) groups is 2. The summed E-state index contributed by atoms with van der Waals surface area (Å²) in [7, 11) is 0. The Kier molecular flexibility index (Phi) is 6.31. The molecule has 0 unspecified atom stereocenters. The number of hydrogen-bond acceptors (Lipinski definition) is 4. The summed E-state index contributed by atoms with van der Waals surface area (Å²) in [5.74, 6) is -0.223. The average molecular weight is 327 g/mol. The minimum atomic E-state index is -0.509. The summed E-state index contributed by atoms with van der Waals surface area (Å²) < 4.78 is 4.78. The fourth-order valence-corrected chi connectivity index (χ4v) is 2.09. The second-order valence-electron chi connectivity index (χ2n) is 5.11. The Morgan fingerprint density at radius 3 is 2.54 bits per heavy atom. The van der Waals surface area contributed by atoms with E-state index in [2.05, 4.69) is 22.5 Å². The third-order valence-electron chi connectivity index (χ3n) is 3.39.